The first-order valence-electron chi connectivity index (χ1n) is 9.66. The van der Waals surface area contributed by atoms with Crippen molar-refractivity contribution in [2.45, 2.75) is 32.5 Å². The summed E-state index contributed by atoms with van der Waals surface area (Å²) in [6.07, 6.45) is -3.49. The largest absolute Gasteiger partial charge is 0.416 e. The summed E-state index contributed by atoms with van der Waals surface area (Å²) in [4.78, 5) is 16.6. The van der Waals surface area contributed by atoms with E-state index in [1.165, 1.54) is 23.5 Å². The van der Waals surface area contributed by atoms with Crippen LogP contribution in [0.1, 0.15) is 44.2 Å². The lowest BCUT2D eigenvalue weighted by Crippen LogP contribution is -2.43. The number of carbonyl (C=O) groups excluding carboxylic acids is 1. The van der Waals surface area contributed by atoms with E-state index in [9.17, 15) is 18.0 Å². The highest BCUT2D eigenvalue weighted by Crippen LogP contribution is 2.31. The van der Waals surface area contributed by atoms with Crippen molar-refractivity contribution >= 4 is 17.2 Å². The lowest BCUT2D eigenvalue weighted by Gasteiger charge is -2.35. The number of morpholine rings is 1. The third-order valence-corrected chi connectivity index (χ3v) is 6.28. The zero-order chi connectivity index (χ0) is 21.0. The van der Waals surface area contributed by atoms with Gasteiger partial charge in [-0.3, -0.25) is 9.69 Å². The number of halogens is 3. The van der Waals surface area contributed by atoms with E-state index in [4.69, 9.17) is 4.74 Å². The molecular weight excluding hydrogens is 401 g/mol. The number of thiophene rings is 1. The number of benzene rings is 1. The van der Waals surface area contributed by atoms with Gasteiger partial charge in [0.2, 0.25) is 0 Å². The molecule has 8 heteroatoms. The molecular formula is C21H25F3N2O2S. The number of carbonyl (C=O) groups is 1. The van der Waals surface area contributed by atoms with Gasteiger partial charge in [0.15, 0.2) is 0 Å². The molecule has 1 unspecified atom stereocenters. The van der Waals surface area contributed by atoms with Crippen molar-refractivity contribution in [3.63, 3.8) is 0 Å². The number of nitrogens with one attached hydrogen (secondary N) is 1. The fraction of sp³-hybridized carbons (Fsp3) is 0.476. The van der Waals surface area contributed by atoms with Gasteiger partial charge < -0.3 is 10.1 Å². The van der Waals surface area contributed by atoms with Crippen molar-refractivity contribution in [1.82, 2.24) is 10.2 Å². The molecule has 1 aliphatic heterocycles. The molecule has 1 aromatic carbocycles. The topological polar surface area (TPSA) is 41.6 Å². The lowest BCUT2D eigenvalue weighted by atomic mass is 10.0. The summed E-state index contributed by atoms with van der Waals surface area (Å²) in [6, 6.07) is 6.90. The Bertz CT molecular complexity index is 827. The Morgan fingerprint density at radius 3 is 2.45 bits per heavy atom. The van der Waals surface area contributed by atoms with E-state index in [2.05, 4.69) is 17.1 Å². The zero-order valence-electron chi connectivity index (χ0n) is 16.5. The van der Waals surface area contributed by atoms with Crippen LogP contribution >= 0.6 is 11.3 Å². The van der Waals surface area contributed by atoms with Crippen LogP contribution in [-0.4, -0.2) is 43.7 Å². The van der Waals surface area contributed by atoms with Crippen LogP contribution in [0.4, 0.5) is 13.2 Å². The van der Waals surface area contributed by atoms with Gasteiger partial charge in [0.05, 0.1) is 29.7 Å². The Hall–Kier alpha value is -1.90. The predicted molar refractivity (Wildman–Crippen MR) is 107 cm³/mol. The molecule has 1 N–H and O–H groups in total. The van der Waals surface area contributed by atoms with E-state index in [0.29, 0.717) is 37.7 Å². The highest BCUT2D eigenvalue weighted by atomic mass is 32.1. The van der Waals surface area contributed by atoms with E-state index in [1.54, 1.807) is 0 Å². The maximum atomic E-state index is 12.9. The SMILES string of the molecule is CCc1cc(C(=O)NCC(c2ccc(C(F)(F)F)cc2)N2CCOCC2)sc1C. The fourth-order valence-corrected chi connectivity index (χ4v) is 4.53. The molecule has 2 aromatic rings. The van der Waals surface area contributed by atoms with Crippen molar-refractivity contribution in [3.8, 4) is 0 Å². The van der Waals surface area contributed by atoms with Gasteiger partial charge in [0, 0.05) is 24.5 Å². The maximum Gasteiger partial charge on any atom is 0.416 e. The second kappa shape index (κ2) is 9.28. The summed E-state index contributed by atoms with van der Waals surface area (Å²) < 4.78 is 44.1. The molecule has 1 saturated heterocycles. The second-order valence-corrected chi connectivity index (χ2v) is 8.30. The summed E-state index contributed by atoms with van der Waals surface area (Å²) in [7, 11) is 0. The van der Waals surface area contributed by atoms with Crippen molar-refractivity contribution in [2.75, 3.05) is 32.8 Å². The van der Waals surface area contributed by atoms with Crippen LogP contribution in [0, 0.1) is 6.92 Å². The van der Waals surface area contributed by atoms with Crippen molar-refractivity contribution in [3.05, 3.63) is 56.8 Å². The Balaban J connectivity index is 1.75. The highest BCUT2D eigenvalue weighted by molar-refractivity contribution is 7.14. The molecule has 0 saturated carbocycles. The molecule has 1 fully saturated rings. The van der Waals surface area contributed by atoms with E-state index < -0.39 is 11.7 Å². The summed E-state index contributed by atoms with van der Waals surface area (Å²) in [5.41, 5.74) is 1.23. The summed E-state index contributed by atoms with van der Waals surface area (Å²) in [6.45, 7) is 6.83. The summed E-state index contributed by atoms with van der Waals surface area (Å²) in [5.74, 6) is -0.150. The lowest BCUT2D eigenvalue weighted by molar-refractivity contribution is -0.137. The number of hydrogen-bond acceptors (Lipinski definition) is 4. The second-order valence-electron chi connectivity index (χ2n) is 7.04. The van der Waals surface area contributed by atoms with E-state index in [0.717, 1.165) is 34.6 Å². The van der Waals surface area contributed by atoms with Gasteiger partial charge in [-0.2, -0.15) is 13.2 Å². The smallest absolute Gasteiger partial charge is 0.379 e. The first kappa shape index (κ1) is 21.8. The van der Waals surface area contributed by atoms with Gasteiger partial charge in [-0.25, -0.2) is 0 Å². The van der Waals surface area contributed by atoms with E-state index in [1.807, 2.05) is 13.0 Å². The average Bonchev–Trinajstić information content (AvgIpc) is 3.09. The van der Waals surface area contributed by atoms with Crippen LogP contribution in [0.25, 0.3) is 0 Å². The van der Waals surface area contributed by atoms with Crippen LogP contribution in [0.2, 0.25) is 0 Å². The summed E-state index contributed by atoms with van der Waals surface area (Å²) >= 11 is 1.46. The quantitative estimate of drug-likeness (QED) is 0.743. The van der Waals surface area contributed by atoms with Gasteiger partial charge in [0.25, 0.3) is 5.91 Å². The molecule has 0 spiro atoms. The Labute approximate surface area is 172 Å². The van der Waals surface area contributed by atoms with E-state index >= 15 is 0 Å². The van der Waals surface area contributed by atoms with Crippen molar-refractivity contribution in [2.24, 2.45) is 0 Å². The van der Waals surface area contributed by atoms with Crippen LogP contribution in [0.15, 0.2) is 30.3 Å². The molecule has 0 radical (unpaired) electrons. The number of hydrogen-bond donors (Lipinski definition) is 1. The fourth-order valence-electron chi connectivity index (χ4n) is 3.50. The van der Waals surface area contributed by atoms with Gasteiger partial charge in [-0.15, -0.1) is 11.3 Å². The molecule has 1 aromatic heterocycles. The normalized spacial score (nSPS) is 16.6. The zero-order valence-corrected chi connectivity index (χ0v) is 17.3. The Morgan fingerprint density at radius 1 is 1.24 bits per heavy atom. The van der Waals surface area contributed by atoms with E-state index in [-0.39, 0.29) is 11.9 Å². The maximum absolute atomic E-state index is 12.9. The molecule has 2 heterocycles. The number of ether oxygens (including phenoxy) is 1. The van der Waals surface area contributed by atoms with Gasteiger partial charge in [-0.05, 0) is 42.7 Å². The Morgan fingerprint density at radius 2 is 1.90 bits per heavy atom. The number of aryl methyl sites for hydroxylation is 2. The Kier molecular flexibility index (Phi) is 6.97. The minimum absolute atomic E-state index is 0.150. The molecule has 3 rings (SSSR count). The third-order valence-electron chi connectivity index (χ3n) is 5.19. The highest BCUT2D eigenvalue weighted by Gasteiger charge is 2.31. The first-order valence-corrected chi connectivity index (χ1v) is 10.5. The van der Waals surface area contributed by atoms with Crippen LogP contribution < -0.4 is 5.32 Å². The molecule has 0 aliphatic carbocycles. The van der Waals surface area contributed by atoms with Gasteiger partial charge in [0.1, 0.15) is 0 Å². The van der Waals surface area contributed by atoms with Crippen LogP contribution in [-0.2, 0) is 17.3 Å². The molecule has 1 atom stereocenters. The summed E-state index contributed by atoms with van der Waals surface area (Å²) in [5, 5.41) is 2.97. The van der Waals surface area contributed by atoms with Crippen molar-refractivity contribution < 1.29 is 22.7 Å². The molecule has 4 nitrogen and oxygen atoms in total. The number of rotatable bonds is 6. The molecule has 29 heavy (non-hydrogen) atoms. The molecule has 0 bridgehead atoms. The molecule has 158 valence electrons. The molecule has 1 amide bonds. The number of nitrogens with zero attached hydrogens (tertiary/aromatic N) is 1. The van der Waals surface area contributed by atoms with Gasteiger partial charge in [-0.1, -0.05) is 19.1 Å². The van der Waals surface area contributed by atoms with Crippen LogP contribution in [0.3, 0.4) is 0 Å². The van der Waals surface area contributed by atoms with Gasteiger partial charge >= 0.3 is 6.18 Å². The first-order chi connectivity index (χ1) is 13.8. The molecule has 1 aliphatic rings. The minimum Gasteiger partial charge on any atom is -0.379 e. The predicted octanol–water partition coefficient (Wildman–Crippen LogP) is 4.44. The minimum atomic E-state index is -4.37. The standard InChI is InChI=1S/C21H25F3N2O2S/c1-3-15-12-19(29-14(15)2)20(27)25-13-18(26-8-10-28-11-9-26)16-4-6-17(7-5-16)21(22,23)24/h4-7,12,18H,3,8-11,13H2,1-2H3,(H,25,27). The van der Waals surface area contributed by atoms with Crippen molar-refractivity contribution in [1.29, 1.82) is 0 Å². The number of amides is 1. The monoisotopic (exact) mass is 426 g/mol. The third kappa shape index (κ3) is 5.38. The number of alkyl halides is 3. The average molecular weight is 427 g/mol. The van der Waals surface area contributed by atoms with Crippen LogP contribution in [0.5, 0.6) is 0 Å².